The Balaban J connectivity index is 1.88. The minimum Gasteiger partial charge on any atom is -0.494 e. The number of benzene rings is 2. The molecule has 2 aromatic carbocycles. The average Bonchev–Trinajstić information content (AvgIpc) is 3.23. The number of hydrogen-bond acceptors (Lipinski definition) is 3. The summed E-state index contributed by atoms with van der Waals surface area (Å²) in [6.07, 6.45) is -3.68. The van der Waals surface area contributed by atoms with Crippen molar-refractivity contribution in [3.05, 3.63) is 59.7 Å². The van der Waals surface area contributed by atoms with Gasteiger partial charge < -0.3 is 10.1 Å². The van der Waals surface area contributed by atoms with Gasteiger partial charge in [0.2, 0.25) is 0 Å². The number of aromatic nitrogens is 2. The molecule has 0 saturated carbocycles. The van der Waals surface area contributed by atoms with Crippen LogP contribution in [0.4, 0.5) is 19.0 Å². The van der Waals surface area contributed by atoms with Crippen LogP contribution in [-0.2, 0) is 12.6 Å². The standard InChI is InChI=1S/C19H16F3N3O/c1-26-16-8-3-2-7-15(16)25-18-14(9-10-23-18)17(24-25)12-5-4-6-13(11-12)19(20,21)22/h2-8,11,23H,9-10H2,1H3. The summed E-state index contributed by atoms with van der Waals surface area (Å²) >= 11 is 0. The lowest BCUT2D eigenvalue weighted by molar-refractivity contribution is -0.137. The van der Waals surface area contributed by atoms with Gasteiger partial charge in [0.1, 0.15) is 17.3 Å². The Morgan fingerprint density at radius 1 is 1.12 bits per heavy atom. The molecule has 4 rings (SSSR count). The number of rotatable bonds is 3. The summed E-state index contributed by atoms with van der Waals surface area (Å²) in [7, 11) is 1.57. The zero-order valence-corrected chi connectivity index (χ0v) is 14.0. The molecular formula is C19H16F3N3O. The van der Waals surface area contributed by atoms with Gasteiger partial charge in [-0.2, -0.15) is 18.3 Å². The molecule has 0 radical (unpaired) electrons. The Labute approximate surface area is 148 Å². The molecule has 0 spiro atoms. The Hall–Kier alpha value is -2.96. The summed E-state index contributed by atoms with van der Waals surface area (Å²) in [6, 6.07) is 12.7. The smallest absolute Gasteiger partial charge is 0.416 e. The van der Waals surface area contributed by atoms with Crippen molar-refractivity contribution in [3.8, 4) is 22.7 Å². The lowest BCUT2D eigenvalue weighted by Gasteiger charge is -2.11. The fourth-order valence-corrected chi connectivity index (χ4v) is 3.23. The lowest BCUT2D eigenvalue weighted by atomic mass is 10.0. The van der Waals surface area contributed by atoms with Gasteiger partial charge in [-0.05, 0) is 30.7 Å². The molecule has 1 N–H and O–H groups in total. The molecule has 3 aromatic rings. The Kier molecular flexibility index (Phi) is 3.86. The molecule has 4 nitrogen and oxygen atoms in total. The number of methoxy groups -OCH3 is 1. The fraction of sp³-hybridized carbons (Fsp3) is 0.211. The molecule has 0 amide bonds. The molecule has 0 bridgehead atoms. The Morgan fingerprint density at radius 3 is 2.69 bits per heavy atom. The van der Waals surface area contributed by atoms with E-state index in [0.29, 0.717) is 30.0 Å². The van der Waals surface area contributed by atoms with Gasteiger partial charge in [-0.1, -0.05) is 24.3 Å². The first-order valence-corrected chi connectivity index (χ1v) is 8.16. The molecule has 0 aliphatic carbocycles. The molecule has 134 valence electrons. The summed E-state index contributed by atoms with van der Waals surface area (Å²) in [5.74, 6) is 1.43. The van der Waals surface area contributed by atoms with Crippen molar-refractivity contribution in [2.75, 3.05) is 19.0 Å². The van der Waals surface area contributed by atoms with Crippen LogP contribution in [0.15, 0.2) is 48.5 Å². The van der Waals surface area contributed by atoms with Crippen LogP contribution >= 0.6 is 0 Å². The minimum atomic E-state index is -4.39. The van der Waals surface area contributed by atoms with E-state index in [-0.39, 0.29) is 0 Å². The molecule has 1 aliphatic rings. The van der Waals surface area contributed by atoms with Crippen LogP contribution in [0.5, 0.6) is 5.75 Å². The number of hydrogen-bond donors (Lipinski definition) is 1. The SMILES string of the molecule is COc1ccccc1-n1nc(-c2cccc(C(F)(F)F)c2)c2c1NCC2. The van der Waals surface area contributed by atoms with Crippen molar-refractivity contribution < 1.29 is 17.9 Å². The van der Waals surface area contributed by atoms with Crippen molar-refractivity contribution in [1.82, 2.24) is 9.78 Å². The van der Waals surface area contributed by atoms with Crippen molar-refractivity contribution in [2.45, 2.75) is 12.6 Å². The second-order valence-corrected chi connectivity index (χ2v) is 6.01. The van der Waals surface area contributed by atoms with Crippen molar-refractivity contribution in [1.29, 1.82) is 0 Å². The molecule has 7 heteroatoms. The number of ether oxygens (including phenoxy) is 1. The molecule has 0 fully saturated rings. The topological polar surface area (TPSA) is 39.1 Å². The molecule has 2 heterocycles. The molecule has 0 saturated heterocycles. The van der Waals surface area contributed by atoms with Crippen LogP contribution in [0, 0.1) is 0 Å². The van der Waals surface area contributed by atoms with E-state index in [1.807, 2.05) is 24.3 Å². The third kappa shape index (κ3) is 2.69. The quantitative estimate of drug-likeness (QED) is 0.747. The molecular weight excluding hydrogens is 343 g/mol. The predicted molar refractivity (Wildman–Crippen MR) is 92.7 cm³/mol. The number of para-hydroxylation sites is 2. The fourth-order valence-electron chi connectivity index (χ4n) is 3.23. The van der Waals surface area contributed by atoms with Gasteiger partial charge >= 0.3 is 6.18 Å². The summed E-state index contributed by atoms with van der Waals surface area (Å²) in [4.78, 5) is 0. The highest BCUT2D eigenvalue weighted by Crippen LogP contribution is 2.38. The van der Waals surface area contributed by atoms with Gasteiger partial charge in [-0.25, -0.2) is 4.68 Å². The second kappa shape index (κ2) is 6.09. The second-order valence-electron chi connectivity index (χ2n) is 6.01. The monoisotopic (exact) mass is 359 g/mol. The van der Waals surface area contributed by atoms with Crippen LogP contribution in [0.2, 0.25) is 0 Å². The lowest BCUT2D eigenvalue weighted by Crippen LogP contribution is -2.06. The first-order chi connectivity index (χ1) is 12.5. The minimum absolute atomic E-state index is 0.452. The van der Waals surface area contributed by atoms with E-state index in [9.17, 15) is 13.2 Å². The highest BCUT2D eigenvalue weighted by Gasteiger charge is 2.31. The first kappa shape index (κ1) is 16.5. The van der Waals surface area contributed by atoms with Gasteiger partial charge in [0.15, 0.2) is 0 Å². The van der Waals surface area contributed by atoms with Gasteiger partial charge in [-0.15, -0.1) is 0 Å². The van der Waals surface area contributed by atoms with Crippen molar-refractivity contribution in [2.24, 2.45) is 0 Å². The van der Waals surface area contributed by atoms with E-state index in [4.69, 9.17) is 4.74 Å². The zero-order valence-electron chi connectivity index (χ0n) is 14.0. The summed E-state index contributed by atoms with van der Waals surface area (Å²) in [5, 5.41) is 7.89. The van der Waals surface area contributed by atoms with Gasteiger partial charge in [0.05, 0.1) is 18.4 Å². The van der Waals surface area contributed by atoms with Crippen molar-refractivity contribution >= 4 is 5.82 Å². The van der Waals surface area contributed by atoms with E-state index in [2.05, 4.69) is 10.4 Å². The van der Waals surface area contributed by atoms with Gasteiger partial charge in [0.25, 0.3) is 0 Å². The maximum atomic E-state index is 13.1. The van der Waals surface area contributed by atoms with E-state index >= 15 is 0 Å². The van der Waals surface area contributed by atoms with Gasteiger partial charge in [-0.3, -0.25) is 0 Å². The van der Waals surface area contributed by atoms with Crippen LogP contribution in [0.3, 0.4) is 0 Å². The Morgan fingerprint density at radius 2 is 1.92 bits per heavy atom. The van der Waals surface area contributed by atoms with E-state index in [1.54, 1.807) is 17.9 Å². The Bertz CT molecular complexity index is 963. The number of halogens is 3. The maximum absolute atomic E-state index is 13.1. The van der Waals surface area contributed by atoms with Crippen molar-refractivity contribution in [3.63, 3.8) is 0 Å². The number of nitrogens with one attached hydrogen (secondary N) is 1. The summed E-state index contributed by atoms with van der Waals surface area (Å²) in [6.45, 7) is 0.717. The maximum Gasteiger partial charge on any atom is 0.416 e. The molecule has 1 aromatic heterocycles. The van der Waals surface area contributed by atoms with E-state index in [1.165, 1.54) is 6.07 Å². The van der Waals surface area contributed by atoms with Gasteiger partial charge in [0, 0.05) is 17.7 Å². The molecule has 0 atom stereocenters. The number of anilines is 1. The third-order valence-electron chi connectivity index (χ3n) is 4.43. The van der Waals surface area contributed by atoms with E-state index in [0.717, 1.165) is 29.2 Å². The molecule has 26 heavy (non-hydrogen) atoms. The zero-order chi connectivity index (χ0) is 18.3. The highest BCUT2D eigenvalue weighted by atomic mass is 19.4. The average molecular weight is 359 g/mol. The normalized spacial score (nSPS) is 13.4. The third-order valence-corrected chi connectivity index (χ3v) is 4.43. The van der Waals surface area contributed by atoms with Crippen LogP contribution in [0.1, 0.15) is 11.1 Å². The molecule has 1 aliphatic heterocycles. The number of nitrogens with zero attached hydrogens (tertiary/aromatic N) is 2. The van der Waals surface area contributed by atoms with E-state index < -0.39 is 11.7 Å². The number of fused-ring (bicyclic) bond motifs is 1. The van der Waals surface area contributed by atoms with Crippen LogP contribution < -0.4 is 10.1 Å². The summed E-state index contributed by atoms with van der Waals surface area (Å²) in [5.41, 5.74) is 1.98. The van der Waals surface area contributed by atoms with Crippen LogP contribution in [0.25, 0.3) is 16.9 Å². The van der Waals surface area contributed by atoms with Crippen LogP contribution in [-0.4, -0.2) is 23.4 Å². The first-order valence-electron chi connectivity index (χ1n) is 8.16. The summed E-state index contributed by atoms with van der Waals surface area (Å²) < 4.78 is 46.3. The largest absolute Gasteiger partial charge is 0.494 e. The molecule has 0 unspecified atom stereocenters. The predicted octanol–water partition coefficient (Wildman–Crippen LogP) is 4.53. The highest BCUT2D eigenvalue weighted by molar-refractivity contribution is 5.73. The number of alkyl halides is 3.